The third kappa shape index (κ3) is 4.91. The molecule has 0 fully saturated rings. The number of carbonyl (C=O) groups excluding carboxylic acids is 1. The summed E-state index contributed by atoms with van der Waals surface area (Å²) in [4.78, 5) is 23.3. The zero-order chi connectivity index (χ0) is 19.1. The van der Waals surface area contributed by atoms with Gasteiger partial charge in [-0.2, -0.15) is 0 Å². The molecule has 3 aromatic rings. The van der Waals surface area contributed by atoms with E-state index < -0.39 is 0 Å². The minimum atomic E-state index is -0.203. The molecule has 1 amide bonds. The van der Waals surface area contributed by atoms with E-state index in [1.54, 1.807) is 6.07 Å². The summed E-state index contributed by atoms with van der Waals surface area (Å²) in [6, 6.07) is 21.7. The molecule has 0 spiro atoms. The Kier molecular flexibility index (Phi) is 6.15. The third-order valence-electron chi connectivity index (χ3n) is 4.45. The van der Waals surface area contributed by atoms with Crippen LogP contribution in [0.4, 0.5) is 5.82 Å². The van der Waals surface area contributed by atoms with Gasteiger partial charge in [-0.15, -0.1) is 0 Å². The number of nitrogens with one attached hydrogen (secondary N) is 1. The number of hydrogen-bond donors (Lipinski definition) is 1. The largest absolute Gasteiger partial charge is 0.352 e. The number of aromatic nitrogens is 2. The van der Waals surface area contributed by atoms with Crippen LogP contribution in [0.5, 0.6) is 0 Å². The van der Waals surface area contributed by atoms with Crippen LogP contribution in [0.2, 0.25) is 0 Å². The van der Waals surface area contributed by atoms with Gasteiger partial charge in [-0.25, -0.2) is 9.97 Å². The molecule has 0 aliphatic rings. The van der Waals surface area contributed by atoms with Crippen LogP contribution in [0, 0.1) is 0 Å². The molecule has 27 heavy (non-hydrogen) atoms. The Bertz CT molecular complexity index is 868. The van der Waals surface area contributed by atoms with Crippen LogP contribution in [0.15, 0.2) is 73.1 Å². The number of hydrogen-bond acceptors (Lipinski definition) is 4. The van der Waals surface area contributed by atoms with E-state index in [1.807, 2.05) is 55.5 Å². The molecule has 0 bridgehead atoms. The van der Waals surface area contributed by atoms with E-state index in [9.17, 15) is 4.79 Å². The molecule has 138 valence electrons. The topological polar surface area (TPSA) is 58.1 Å². The van der Waals surface area contributed by atoms with Gasteiger partial charge in [0.1, 0.15) is 17.8 Å². The summed E-state index contributed by atoms with van der Waals surface area (Å²) in [7, 11) is 0. The van der Waals surface area contributed by atoms with Crippen molar-refractivity contribution in [2.75, 3.05) is 11.4 Å². The van der Waals surface area contributed by atoms with Crippen LogP contribution in [0.1, 0.15) is 41.5 Å². The van der Waals surface area contributed by atoms with E-state index in [1.165, 1.54) is 11.9 Å². The number of carbonyl (C=O) groups is 1. The van der Waals surface area contributed by atoms with E-state index >= 15 is 0 Å². The minimum Gasteiger partial charge on any atom is -0.352 e. The van der Waals surface area contributed by atoms with Crippen molar-refractivity contribution in [3.63, 3.8) is 0 Å². The molecule has 5 nitrogen and oxygen atoms in total. The van der Waals surface area contributed by atoms with E-state index in [0.29, 0.717) is 5.69 Å². The Balaban J connectivity index is 1.73. The maximum Gasteiger partial charge on any atom is 0.270 e. The Morgan fingerprint density at radius 3 is 2.37 bits per heavy atom. The number of rotatable bonds is 7. The molecular formula is C22H24N4O. The highest BCUT2D eigenvalue weighted by atomic mass is 16.1. The van der Waals surface area contributed by atoms with E-state index in [2.05, 4.69) is 39.2 Å². The summed E-state index contributed by atoms with van der Waals surface area (Å²) >= 11 is 0. The van der Waals surface area contributed by atoms with Crippen molar-refractivity contribution < 1.29 is 4.79 Å². The van der Waals surface area contributed by atoms with E-state index in [-0.39, 0.29) is 11.9 Å². The molecule has 1 N–H and O–H groups in total. The quantitative estimate of drug-likeness (QED) is 0.692. The minimum absolute atomic E-state index is 0.0938. The molecule has 5 heteroatoms. The monoisotopic (exact) mass is 360 g/mol. The lowest BCUT2D eigenvalue weighted by molar-refractivity contribution is 0.0934. The fourth-order valence-electron chi connectivity index (χ4n) is 2.90. The Hall–Kier alpha value is -3.21. The second kappa shape index (κ2) is 8.94. The SMILES string of the molecule is CCN(Cc1ccccc1)c1cc(C(=O)NC(C)c2ccccc2)ncn1. The van der Waals surface area contributed by atoms with Gasteiger partial charge in [0, 0.05) is 19.2 Å². The van der Waals surface area contributed by atoms with Gasteiger partial charge >= 0.3 is 0 Å². The Morgan fingerprint density at radius 1 is 1.04 bits per heavy atom. The molecule has 1 unspecified atom stereocenters. The second-order valence-electron chi connectivity index (χ2n) is 6.37. The van der Waals surface area contributed by atoms with Crippen molar-refractivity contribution in [2.45, 2.75) is 26.4 Å². The first-order valence-electron chi connectivity index (χ1n) is 9.14. The summed E-state index contributed by atoms with van der Waals surface area (Å²) in [5.74, 6) is 0.541. The fraction of sp³-hybridized carbons (Fsp3) is 0.227. The lowest BCUT2D eigenvalue weighted by atomic mass is 10.1. The van der Waals surface area contributed by atoms with E-state index in [4.69, 9.17) is 0 Å². The molecule has 0 aliphatic carbocycles. The maximum absolute atomic E-state index is 12.6. The standard InChI is InChI=1S/C22H24N4O/c1-3-26(15-18-10-6-4-7-11-18)21-14-20(23-16-24-21)22(27)25-17(2)19-12-8-5-9-13-19/h4-14,16-17H,3,15H2,1-2H3,(H,25,27). The molecule has 2 aromatic carbocycles. The molecule has 1 aromatic heterocycles. The number of amides is 1. The maximum atomic E-state index is 12.6. The van der Waals surface area contributed by atoms with Gasteiger partial charge in [0.15, 0.2) is 0 Å². The smallest absolute Gasteiger partial charge is 0.270 e. The molecule has 0 aliphatic heterocycles. The number of benzene rings is 2. The zero-order valence-electron chi connectivity index (χ0n) is 15.7. The van der Waals surface area contributed by atoms with Crippen LogP contribution in [-0.4, -0.2) is 22.4 Å². The number of anilines is 1. The third-order valence-corrected chi connectivity index (χ3v) is 4.45. The van der Waals surface area contributed by atoms with Gasteiger partial charge in [0.05, 0.1) is 6.04 Å². The van der Waals surface area contributed by atoms with Crippen LogP contribution in [-0.2, 0) is 6.54 Å². The molecule has 1 atom stereocenters. The molecule has 1 heterocycles. The van der Waals surface area contributed by atoms with Gasteiger partial charge in [-0.3, -0.25) is 4.79 Å². The molecule has 0 radical (unpaired) electrons. The van der Waals surface area contributed by atoms with Crippen molar-refractivity contribution in [1.29, 1.82) is 0 Å². The molecule has 0 saturated heterocycles. The lowest BCUT2D eigenvalue weighted by Crippen LogP contribution is -2.28. The van der Waals surface area contributed by atoms with Crippen molar-refractivity contribution >= 4 is 11.7 Å². The lowest BCUT2D eigenvalue weighted by Gasteiger charge is -2.22. The summed E-state index contributed by atoms with van der Waals surface area (Å²) in [6.45, 7) is 5.55. The first kappa shape index (κ1) is 18.6. The highest BCUT2D eigenvalue weighted by Crippen LogP contribution is 2.16. The van der Waals surface area contributed by atoms with Crippen LogP contribution >= 0.6 is 0 Å². The van der Waals surface area contributed by atoms with Gasteiger partial charge < -0.3 is 10.2 Å². The van der Waals surface area contributed by atoms with Gasteiger partial charge in [-0.1, -0.05) is 60.7 Å². The van der Waals surface area contributed by atoms with E-state index in [0.717, 1.165) is 24.5 Å². The number of nitrogens with zero attached hydrogens (tertiary/aromatic N) is 3. The zero-order valence-corrected chi connectivity index (χ0v) is 15.7. The fourth-order valence-corrected chi connectivity index (χ4v) is 2.90. The van der Waals surface area contributed by atoms with Crippen molar-refractivity contribution in [3.8, 4) is 0 Å². The molecule has 3 rings (SSSR count). The average Bonchev–Trinajstić information content (AvgIpc) is 2.73. The van der Waals surface area contributed by atoms with Crippen molar-refractivity contribution in [2.24, 2.45) is 0 Å². The molecule has 0 saturated carbocycles. The first-order chi connectivity index (χ1) is 13.2. The van der Waals surface area contributed by atoms with Gasteiger partial charge in [0.2, 0.25) is 0 Å². The summed E-state index contributed by atoms with van der Waals surface area (Å²) in [5, 5.41) is 3.00. The van der Waals surface area contributed by atoms with Crippen LogP contribution < -0.4 is 10.2 Å². The second-order valence-corrected chi connectivity index (χ2v) is 6.37. The predicted molar refractivity (Wildman–Crippen MR) is 108 cm³/mol. The average molecular weight is 360 g/mol. The van der Waals surface area contributed by atoms with Gasteiger partial charge in [-0.05, 0) is 25.0 Å². The molecular weight excluding hydrogens is 336 g/mol. The predicted octanol–water partition coefficient (Wildman–Crippen LogP) is 3.99. The summed E-state index contributed by atoms with van der Waals surface area (Å²) in [5.41, 5.74) is 2.62. The van der Waals surface area contributed by atoms with Crippen molar-refractivity contribution in [1.82, 2.24) is 15.3 Å². The summed E-state index contributed by atoms with van der Waals surface area (Å²) < 4.78 is 0. The van der Waals surface area contributed by atoms with Crippen LogP contribution in [0.25, 0.3) is 0 Å². The Morgan fingerprint density at radius 2 is 1.70 bits per heavy atom. The van der Waals surface area contributed by atoms with Crippen LogP contribution in [0.3, 0.4) is 0 Å². The van der Waals surface area contributed by atoms with Crippen molar-refractivity contribution in [3.05, 3.63) is 89.9 Å². The highest BCUT2D eigenvalue weighted by Gasteiger charge is 2.15. The summed E-state index contributed by atoms with van der Waals surface area (Å²) in [6.07, 6.45) is 1.45. The first-order valence-corrected chi connectivity index (χ1v) is 9.14. The normalized spacial score (nSPS) is 11.6. The van der Waals surface area contributed by atoms with Gasteiger partial charge in [0.25, 0.3) is 5.91 Å². The Labute approximate surface area is 160 Å². The highest BCUT2D eigenvalue weighted by molar-refractivity contribution is 5.93.